The second-order valence-electron chi connectivity index (χ2n) is 4.81. The molecule has 0 aliphatic carbocycles. The van der Waals surface area contributed by atoms with E-state index in [-0.39, 0.29) is 6.04 Å². The molecular weight excluding hydrogens is 226 g/mol. The Morgan fingerprint density at radius 2 is 2.22 bits per heavy atom. The molecule has 0 saturated heterocycles. The second-order valence-corrected chi connectivity index (χ2v) is 4.81. The van der Waals surface area contributed by atoms with Crippen molar-refractivity contribution in [3.63, 3.8) is 0 Å². The number of rotatable bonds is 5. The van der Waals surface area contributed by atoms with Crippen molar-refractivity contribution in [2.24, 2.45) is 5.73 Å². The molecular formula is C13H21N5. The Balaban J connectivity index is 2.11. The van der Waals surface area contributed by atoms with Crippen LogP contribution in [0.5, 0.6) is 0 Å². The molecule has 0 radical (unpaired) electrons. The Morgan fingerprint density at radius 3 is 2.89 bits per heavy atom. The molecule has 0 amide bonds. The van der Waals surface area contributed by atoms with Gasteiger partial charge in [-0.25, -0.2) is 4.98 Å². The van der Waals surface area contributed by atoms with Gasteiger partial charge in [0, 0.05) is 25.2 Å². The zero-order valence-corrected chi connectivity index (χ0v) is 11.3. The van der Waals surface area contributed by atoms with Crippen molar-refractivity contribution >= 4 is 0 Å². The molecule has 0 bridgehead atoms. The van der Waals surface area contributed by atoms with Crippen LogP contribution in [0.15, 0.2) is 18.6 Å². The summed E-state index contributed by atoms with van der Waals surface area (Å²) in [7, 11) is 0. The fourth-order valence-electron chi connectivity index (χ4n) is 2.12. The van der Waals surface area contributed by atoms with Crippen molar-refractivity contribution in [1.29, 1.82) is 0 Å². The molecule has 2 heterocycles. The van der Waals surface area contributed by atoms with Crippen LogP contribution in [0.25, 0.3) is 0 Å². The number of hydrogen-bond acceptors (Lipinski definition) is 3. The van der Waals surface area contributed by atoms with Gasteiger partial charge in [-0.15, -0.1) is 0 Å². The largest absolute Gasteiger partial charge is 0.331 e. The van der Waals surface area contributed by atoms with Gasteiger partial charge >= 0.3 is 0 Å². The van der Waals surface area contributed by atoms with Crippen molar-refractivity contribution in [2.45, 2.75) is 46.3 Å². The lowest BCUT2D eigenvalue weighted by Gasteiger charge is -2.05. The van der Waals surface area contributed by atoms with Crippen molar-refractivity contribution in [3.05, 3.63) is 35.7 Å². The van der Waals surface area contributed by atoms with Crippen molar-refractivity contribution in [2.75, 3.05) is 0 Å². The van der Waals surface area contributed by atoms with Crippen molar-refractivity contribution in [1.82, 2.24) is 19.3 Å². The minimum absolute atomic E-state index is 0.150. The number of nitrogens with two attached hydrogens (primary N) is 1. The maximum absolute atomic E-state index is 5.77. The minimum atomic E-state index is 0.150. The average Bonchev–Trinajstić information content (AvgIpc) is 2.85. The van der Waals surface area contributed by atoms with E-state index in [0.29, 0.717) is 0 Å². The van der Waals surface area contributed by atoms with Crippen molar-refractivity contribution in [3.8, 4) is 0 Å². The van der Waals surface area contributed by atoms with Crippen LogP contribution >= 0.6 is 0 Å². The molecule has 0 spiro atoms. The normalized spacial score (nSPS) is 12.9. The summed E-state index contributed by atoms with van der Waals surface area (Å²) in [5.74, 6) is 0. The van der Waals surface area contributed by atoms with E-state index in [2.05, 4.69) is 33.8 Å². The summed E-state index contributed by atoms with van der Waals surface area (Å²) in [6.45, 7) is 7.82. The zero-order valence-electron chi connectivity index (χ0n) is 11.3. The predicted molar refractivity (Wildman–Crippen MR) is 71.3 cm³/mol. The maximum Gasteiger partial charge on any atom is 0.0953 e. The Bertz CT molecular complexity index is 509. The van der Waals surface area contributed by atoms with Crippen molar-refractivity contribution < 1.29 is 0 Å². The summed E-state index contributed by atoms with van der Waals surface area (Å²) in [5.41, 5.74) is 9.08. The summed E-state index contributed by atoms with van der Waals surface area (Å²) in [5, 5.41) is 4.44. The van der Waals surface area contributed by atoms with E-state index >= 15 is 0 Å². The van der Waals surface area contributed by atoms with Gasteiger partial charge in [0.1, 0.15) is 0 Å². The van der Waals surface area contributed by atoms with E-state index in [9.17, 15) is 0 Å². The molecule has 18 heavy (non-hydrogen) atoms. The molecule has 0 fully saturated rings. The molecule has 1 unspecified atom stereocenters. The number of aryl methyl sites for hydroxylation is 2. The standard InChI is InChI=1S/C13H21N5/c1-4-18-13(6-11(3)16-18)8-17-7-12(15-9-17)5-10(2)14/h6-7,9-10H,4-5,8,14H2,1-3H3. The molecule has 2 aromatic heterocycles. The molecule has 2 rings (SSSR count). The SMILES string of the molecule is CCn1nc(C)cc1Cn1cnc(CC(C)N)c1. The topological polar surface area (TPSA) is 61.7 Å². The molecule has 0 aliphatic rings. The molecule has 98 valence electrons. The summed E-state index contributed by atoms with van der Waals surface area (Å²) < 4.78 is 4.11. The highest BCUT2D eigenvalue weighted by Crippen LogP contribution is 2.08. The smallest absolute Gasteiger partial charge is 0.0953 e. The van der Waals surface area contributed by atoms with Gasteiger partial charge in [0.2, 0.25) is 0 Å². The first kappa shape index (κ1) is 12.8. The van der Waals surface area contributed by atoms with Gasteiger partial charge in [-0.1, -0.05) is 0 Å². The Labute approximate surface area is 108 Å². The second kappa shape index (κ2) is 5.35. The van der Waals surface area contributed by atoms with E-state index in [0.717, 1.165) is 30.9 Å². The Kier molecular flexibility index (Phi) is 3.81. The van der Waals surface area contributed by atoms with Gasteiger partial charge in [-0.05, 0) is 26.8 Å². The first-order valence-electron chi connectivity index (χ1n) is 6.38. The summed E-state index contributed by atoms with van der Waals surface area (Å²) in [6, 6.07) is 2.27. The van der Waals surface area contributed by atoms with Crippen LogP contribution in [0.1, 0.15) is 30.9 Å². The fourth-order valence-corrected chi connectivity index (χ4v) is 2.12. The highest BCUT2D eigenvalue weighted by Gasteiger charge is 2.06. The van der Waals surface area contributed by atoms with Gasteiger partial charge in [0.15, 0.2) is 0 Å². The van der Waals surface area contributed by atoms with E-state index < -0.39 is 0 Å². The summed E-state index contributed by atoms with van der Waals surface area (Å²) in [4.78, 5) is 4.37. The fraction of sp³-hybridized carbons (Fsp3) is 0.538. The third-order valence-electron chi connectivity index (χ3n) is 2.85. The number of hydrogen-bond donors (Lipinski definition) is 1. The molecule has 5 nitrogen and oxygen atoms in total. The summed E-state index contributed by atoms with van der Waals surface area (Å²) >= 11 is 0. The number of imidazole rings is 1. The molecule has 0 aliphatic heterocycles. The first-order valence-corrected chi connectivity index (χ1v) is 6.38. The number of nitrogens with zero attached hydrogens (tertiary/aromatic N) is 4. The highest BCUT2D eigenvalue weighted by molar-refractivity contribution is 5.10. The van der Waals surface area contributed by atoms with Crippen LogP contribution in [0.3, 0.4) is 0 Å². The zero-order chi connectivity index (χ0) is 13.1. The van der Waals surface area contributed by atoms with Gasteiger partial charge in [0.25, 0.3) is 0 Å². The highest BCUT2D eigenvalue weighted by atomic mass is 15.3. The van der Waals surface area contributed by atoms with Crippen LogP contribution in [-0.4, -0.2) is 25.4 Å². The van der Waals surface area contributed by atoms with Crippen LogP contribution < -0.4 is 5.73 Å². The molecule has 0 aromatic carbocycles. The first-order chi connectivity index (χ1) is 8.58. The van der Waals surface area contributed by atoms with Gasteiger partial charge in [-0.3, -0.25) is 4.68 Å². The number of aromatic nitrogens is 4. The maximum atomic E-state index is 5.77. The van der Waals surface area contributed by atoms with E-state index in [1.54, 1.807) is 0 Å². The predicted octanol–water partition coefficient (Wildman–Crippen LogP) is 1.35. The van der Waals surface area contributed by atoms with Gasteiger partial charge in [0.05, 0.1) is 30.0 Å². The molecule has 0 saturated carbocycles. The summed E-state index contributed by atoms with van der Waals surface area (Å²) in [6.07, 6.45) is 4.74. The van der Waals surface area contributed by atoms with Crippen LogP contribution in [0, 0.1) is 6.92 Å². The third-order valence-corrected chi connectivity index (χ3v) is 2.85. The van der Waals surface area contributed by atoms with Crippen LogP contribution in [0.4, 0.5) is 0 Å². The Morgan fingerprint density at radius 1 is 1.44 bits per heavy atom. The minimum Gasteiger partial charge on any atom is -0.331 e. The van der Waals surface area contributed by atoms with Gasteiger partial charge < -0.3 is 10.3 Å². The third kappa shape index (κ3) is 2.98. The lowest BCUT2D eigenvalue weighted by Crippen LogP contribution is -2.17. The lowest BCUT2D eigenvalue weighted by atomic mass is 10.2. The lowest BCUT2D eigenvalue weighted by molar-refractivity contribution is 0.597. The molecule has 2 aromatic rings. The van der Waals surface area contributed by atoms with Crippen LogP contribution in [0.2, 0.25) is 0 Å². The Hall–Kier alpha value is -1.62. The van der Waals surface area contributed by atoms with E-state index in [4.69, 9.17) is 5.73 Å². The molecule has 2 N–H and O–H groups in total. The molecule has 5 heteroatoms. The monoisotopic (exact) mass is 247 g/mol. The average molecular weight is 247 g/mol. The van der Waals surface area contributed by atoms with E-state index in [1.807, 2.05) is 24.9 Å². The van der Waals surface area contributed by atoms with E-state index in [1.165, 1.54) is 5.69 Å². The quantitative estimate of drug-likeness (QED) is 0.867. The molecule has 1 atom stereocenters. The van der Waals surface area contributed by atoms with Crippen LogP contribution in [-0.2, 0) is 19.5 Å². The van der Waals surface area contributed by atoms with Gasteiger partial charge in [-0.2, -0.15) is 5.10 Å².